The third-order valence-corrected chi connectivity index (χ3v) is 11.0. The van der Waals surface area contributed by atoms with E-state index in [9.17, 15) is 0 Å². The summed E-state index contributed by atoms with van der Waals surface area (Å²) in [5.41, 5.74) is 12.5. The molecule has 0 unspecified atom stereocenters. The molecule has 4 N–H and O–H groups in total. The Labute approximate surface area is 230 Å². The molecule has 7 rings (SSSR count). The van der Waals surface area contributed by atoms with Gasteiger partial charge in [-0.15, -0.1) is 0 Å². The summed E-state index contributed by atoms with van der Waals surface area (Å²) >= 11 is 7.06. The number of aryl methyl sites for hydroxylation is 1. The number of nitrogens with two attached hydrogens (primary N) is 1. The second-order valence-corrected chi connectivity index (χ2v) is 13.4. The van der Waals surface area contributed by atoms with Gasteiger partial charge in [0.05, 0.1) is 35.4 Å². The van der Waals surface area contributed by atoms with Crippen molar-refractivity contribution in [2.45, 2.75) is 70.0 Å². The van der Waals surface area contributed by atoms with E-state index < -0.39 is 0 Å². The first kappa shape index (κ1) is 24.9. The summed E-state index contributed by atoms with van der Waals surface area (Å²) in [6, 6.07) is 2.29. The van der Waals surface area contributed by atoms with Crippen LogP contribution in [0.5, 0.6) is 0 Å². The maximum atomic E-state index is 8.27. The van der Waals surface area contributed by atoms with Gasteiger partial charge in [-0.25, -0.2) is 0 Å². The lowest BCUT2D eigenvalue weighted by Gasteiger charge is -2.61. The van der Waals surface area contributed by atoms with Gasteiger partial charge in [0.1, 0.15) is 0 Å². The van der Waals surface area contributed by atoms with Crippen LogP contribution in [0.2, 0.25) is 5.02 Å². The van der Waals surface area contributed by atoms with Crippen molar-refractivity contribution in [3.8, 4) is 11.1 Å². The molecule has 1 aromatic heterocycles. The average Bonchev–Trinajstić information content (AvgIpc) is 3.12. The smallest absolute Gasteiger partial charge is 0.159 e. The van der Waals surface area contributed by atoms with Crippen molar-refractivity contribution in [3.63, 3.8) is 0 Å². The number of benzene rings is 1. The first-order chi connectivity index (χ1) is 18.2. The molecule has 5 fully saturated rings. The number of nitrogens with zero attached hydrogens (tertiary/aromatic N) is 4. The fourth-order valence-electron chi connectivity index (χ4n) is 7.82. The summed E-state index contributed by atoms with van der Waals surface area (Å²) in [6.07, 6.45) is 7.29. The highest BCUT2D eigenvalue weighted by Crippen LogP contribution is 2.54. The maximum absolute atomic E-state index is 8.27. The average molecular weight is 538 g/mol. The van der Waals surface area contributed by atoms with E-state index in [2.05, 4.69) is 33.6 Å². The number of nitrogens with one attached hydrogen (secondary N) is 2. The van der Waals surface area contributed by atoms with Gasteiger partial charge in [0.15, 0.2) is 5.82 Å². The monoisotopic (exact) mass is 537 g/mol. The minimum atomic E-state index is 0.0721. The van der Waals surface area contributed by atoms with Crippen LogP contribution in [0.15, 0.2) is 6.07 Å². The minimum Gasteiger partial charge on any atom is -0.398 e. The molecular weight excluding hydrogens is 498 g/mol. The fourth-order valence-corrected chi connectivity index (χ4v) is 8.07. The molecule has 3 aliphatic heterocycles. The van der Waals surface area contributed by atoms with Crippen LogP contribution in [0.4, 0.5) is 11.5 Å². The number of anilines is 2. The number of aromatic nitrogens is 2. The molecule has 0 bridgehead atoms. The Morgan fingerprint density at radius 1 is 1.18 bits per heavy atom. The third kappa shape index (κ3) is 3.39. The number of halogens is 1. The molecule has 2 spiro atoms. The zero-order valence-corrected chi connectivity index (χ0v) is 23.6. The maximum Gasteiger partial charge on any atom is 0.159 e. The van der Waals surface area contributed by atoms with Gasteiger partial charge in [-0.3, -0.25) is 9.58 Å². The SMILES string of the molecule is Cc1cc(N)c(C=N)c(-c2c(N3CCN(C4(C)COC4)CC34CCC4)nn(C3CC4(CNC4)C3)c2C)c1Cl. The highest BCUT2D eigenvalue weighted by atomic mass is 35.5. The number of nitrogen functional groups attached to an aromatic ring is 1. The molecule has 38 heavy (non-hydrogen) atoms. The molecule has 1 aromatic carbocycles. The lowest BCUT2D eigenvalue weighted by atomic mass is 9.61. The zero-order chi connectivity index (χ0) is 26.4. The Kier molecular flexibility index (Phi) is 5.52. The van der Waals surface area contributed by atoms with Crippen LogP contribution in [0.1, 0.15) is 61.9 Å². The van der Waals surface area contributed by atoms with Crippen molar-refractivity contribution in [2.24, 2.45) is 5.41 Å². The minimum absolute atomic E-state index is 0.0721. The predicted octanol–water partition coefficient (Wildman–Crippen LogP) is 4.16. The van der Waals surface area contributed by atoms with E-state index >= 15 is 0 Å². The van der Waals surface area contributed by atoms with Gasteiger partial charge in [-0.05, 0) is 69.9 Å². The summed E-state index contributed by atoms with van der Waals surface area (Å²) < 4.78 is 7.92. The molecule has 5 aliphatic rings. The lowest BCUT2D eigenvalue weighted by Crippen LogP contribution is -2.72. The summed E-state index contributed by atoms with van der Waals surface area (Å²) in [5, 5.41) is 17.8. The Hall–Kier alpha value is -2.13. The van der Waals surface area contributed by atoms with Crippen LogP contribution in [-0.2, 0) is 4.74 Å². The Morgan fingerprint density at radius 3 is 2.47 bits per heavy atom. The van der Waals surface area contributed by atoms with Gasteiger partial charge in [0, 0.05) is 67.0 Å². The summed E-state index contributed by atoms with van der Waals surface area (Å²) in [6.45, 7) is 13.4. The summed E-state index contributed by atoms with van der Waals surface area (Å²) in [5.74, 6) is 1.03. The van der Waals surface area contributed by atoms with E-state index in [1.165, 1.54) is 38.3 Å². The Balaban J connectivity index is 1.35. The number of hydrogen-bond donors (Lipinski definition) is 3. The molecule has 2 aliphatic carbocycles. The predicted molar refractivity (Wildman–Crippen MR) is 153 cm³/mol. The van der Waals surface area contributed by atoms with E-state index in [0.717, 1.165) is 74.1 Å². The van der Waals surface area contributed by atoms with Gasteiger partial charge in [0.2, 0.25) is 0 Å². The molecule has 2 saturated carbocycles. The summed E-state index contributed by atoms with van der Waals surface area (Å²) in [4.78, 5) is 5.27. The van der Waals surface area contributed by atoms with E-state index in [1.54, 1.807) is 0 Å². The van der Waals surface area contributed by atoms with Gasteiger partial charge >= 0.3 is 0 Å². The molecular formula is C29H40ClN7O. The van der Waals surface area contributed by atoms with Gasteiger partial charge in [0.25, 0.3) is 0 Å². The third-order valence-electron chi connectivity index (χ3n) is 10.5. The Bertz CT molecular complexity index is 1300. The topological polar surface area (TPSA) is 95.4 Å². The van der Waals surface area contributed by atoms with Crippen molar-refractivity contribution in [1.82, 2.24) is 20.0 Å². The van der Waals surface area contributed by atoms with Crippen molar-refractivity contribution >= 4 is 29.3 Å². The van der Waals surface area contributed by atoms with E-state index in [0.29, 0.717) is 27.7 Å². The quantitative estimate of drug-likeness (QED) is 0.391. The molecule has 0 amide bonds. The molecule has 0 atom stereocenters. The normalized spacial score (nSPS) is 25.5. The highest BCUT2D eigenvalue weighted by Gasteiger charge is 2.54. The standard InChI is InChI=1S/C29H40ClN7O/c1-18-9-22(32)21(12-31)24(25(18)30)23-19(2)37(20-10-28(11-20)13-33-14-28)34-26(23)36-8-7-35(27(3)16-38-17-27)15-29(36)5-4-6-29/h9,12,20,31,33H,4-8,10-11,13-17,32H2,1-3H3. The molecule has 204 valence electrons. The van der Waals surface area contributed by atoms with Gasteiger partial charge < -0.3 is 26.1 Å². The first-order valence-corrected chi connectivity index (χ1v) is 14.6. The van der Waals surface area contributed by atoms with Crippen LogP contribution >= 0.6 is 11.6 Å². The van der Waals surface area contributed by atoms with E-state index in [-0.39, 0.29) is 11.1 Å². The molecule has 0 radical (unpaired) electrons. The molecule has 8 nitrogen and oxygen atoms in total. The summed E-state index contributed by atoms with van der Waals surface area (Å²) in [7, 11) is 0. The number of hydrogen-bond acceptors (Lipinski definition) is 7. The van der Waals surface area contributed by atoms with Crippen LogP contribution in [0, 0.1) is 24.7 Å². The van der Waals surface area contributed by atoms with E-state index in [4.69, 9.17) is 32.6 Å². The van der Waals surface area contributed by atoms with Crippen molar-refractivity contribution in [3.05, 3.63) is 27.9 Å². The number of piperazine rings is 1. The highest BCUT2D eigenvalue weighted by molar-refractivity contribution is 6.35. The van der Waals surface area contributed by atoms with Crippen LogP contribution in [0.25, 0.3) is 11.1 Å². The van der Waals surface area contributed by atoms with E-state index in [1.807, 2.05) is 13.0 Å². The molecule has 3 saturated heterocycles. The number of ether oxygens (including phenoxy) is 1. The van der Waals surface area contributed by atoms with Crippen LogP contribution < -0.4 is 16.0 Å². The van der Waals surface area contributed by atoms with Crippen molar-refractivity contribution in [1.29, 1.82) is 5.41 Å². The zero-order valence-electron chi connectivity index (χ0n) is 22.9. The second-order valence-electron chi connectivity index (χ2n) is 13.1. The molecule has 9 heteroatoms. The Morgan fingerprint density at radius 2 is 1.92 bits per heavy atom. The van der Waals surface area contributed by atoms with Gasteiger partial charge in [-0.2, -0.15) is 5.10 Å². The second kappa shape index (κ2) is 8.43. The number of rotatable bonds is 5. The van der Waals surface area contributed by atoms with Crippen molar-refractivity contribution < 1.29 is 4.74 Å². The van der Waals surface area contributed by atoms with Crippen LogP contribution in [0.3, 0.4) is 0 Å². The van der Waals surface area contributed by atoms with Crippen LogP contribution in [-0.4, -0.2) is 77.9 Å². The molecule has 2 aromatic rings. The fraction of sp³-hybridized carbons (Fsp3) is 0.655. The van der Waals surface area contributed by atoms with Gasteiger partial charge in [-0.1, -0.05) is 11.6 Å². The first-order valence-electron chi connectivity index (χ1n) is 14.2. The largest absolute Gasteiger partial charge is 0.398 e. The van der Waals surface area contributed by atoms with Crippen molar-refractivity contribution in [2.75, 3.05) is 56.6 Å². The molecule has 4 heterocycles. The lowest BCUT2D eigenvalue weighted by molar-refractivity contribution is -0.143.